The third kappa shape index (κ3) is 3.64. The van der Waals surface area contributed by atoms with Crippen molar-refractivity contribution in [2.45, 2.75) is 47.0 Å². The SMILES string of the molecule is C=C(C(=O)C(C)(C)C)c1nc(-c2ccnc(C3=CCCC3)c2)cnc1C. The number of rotatable bonds is 4. The number of carbonyl (C=O) groups excluding carboxylic acids is 1. The Morgan fingerprint density at radius 1 is 1.19 bits per heavy atom. The first-order valence-electron chi connectivity index (χ1n) is 9.01. The van der Waals surface area contributed by atoms with Gasteiger partial charge in [-0.05, 0) is 43.9 Å². The molecule has 0 unspecified atom stereocenters. The van der Waals surface area contributed by atoms with Crippen molar-refractivity contribution in [1.29, 1.82) is 0 Å². The highest BCUT2D eigenvalue weighted by Gasteiger charge is 2.26. The molecule has 0 saturated heterocycles. The van der Waals surface area contributed by atoms with E-state index in [0.717, 1.165) is 29.8 Å². The van der Waals surface area contributed by atoms with Crippen molar-refractivity contribution in [3.63, 3.8) is 0 Å². The van der Waals surface area contributed by atoms with Crippen LogP contribution in [0.3, 0.4) is 0 Å². The number of nitrogens with zero attached hydrogens (tertiary/aromatic N) is 3. The van der Waals surface area contributed by atoms with Crippen LogP contribution in [0.15, 0.2) is 37.2 Å². The molecule has 2 heterocycles. The lowest BCUT2D eigenvalue weighted by Crippen LogP contribution is -2.22. The second-order valence-corrected chi connectivity index (χ2v) is 7.80. The summed E-state index contributed by atoms with van der Waals surface area (Å²) in [5, 5.41) is 0. The molecular formula is C22H25N3O. The number of ketones is 1. The Labute approximate surface area is 155 Å². The molecule has 2 aromatic rings. The minimum absolute atomic E-state index is 0.0152. The lowest BCUT2D eigenvalue weighted by molar-refractivity contribution is -0.120. The predicted octanol–water partition coefficient (Wildman–Crippen LogP) is 5.04. The maximum Gasteiger partial charge on any atom is 0.169 e. The van der Waals surface area contributed by atoms with E-state index >= 15 is 0 Å². The highest BCUT2D eigenvalue weighted by Crippen LogP contribution is 2.30. The molecule has 0 aromatic carbocycles. The molecule has 0 saturated carbocycles. The Balaban J connectivity index is 1.99. The van der Waals surface area contributed by atoms with Crippen molar-refractivity contribution in [3.8, 4) is 11.3 Å². The van der Waals surface area contributed by atoms with Crippen LogP contribution in [0.4, 0.5) is 0 Å². The molecule has 3 rings (SSSR count). The van der Waals surface area contributed by atoms with Crippen LogP contribution in [0, 0.1) is 12.3 Å². The molecule has 0 aliphatic heterocycles. The first kappa shape index (κ1) is 18.2. The summed E-state index contributed by atoms with van der Waals surface area (Å²) in [6, 6.07) is 3.98. The van der Waals surface area contributed by atoms with Crippen molar-refractivity contribution < 1.29 is 4.79 Å². The van der Waals surface area contributed by atoms with Crippen LogP contribution >= 0.6 is 0 Å². The number of aryl methyl sites for hydroxylation is 1. The molecule has 0 bridgehead atoms. The van der Waals surface area contributed by atoms with Crippen LogP contribution in [0.5, 0.6) is 0 Å². The Morgan fingerprint density at radius 2 is 1.96 bits per heavy atom. The molecule has 0 spiro atoms. The third-order valence-electron chi connectivity index (χ3n) is 4.62. The molecule has 2 aromatic heterocycles. The highest BCUT2D eigenvalue weighted by molar-refractivity contribution is 6.22. The molecular weight excluding hydrogens is 322 g/mol. The number of hydrogen-bond acceptors (Lipinski definition) is 4. The van der Waals surface area contributed by atoms with Crippen molar-refractivity contribution >= 4 is 16.9 Å². The van der Waals surface area contributed by atoms with E-state index in [9.17, 15) is 4.79 Å². The van der Waals surface area contributed by atoms with E-state index < -0.39 is 5.41 Å². The van der Waals surface area contributed by atoms with Crippen LogP contribution in [-0.2, 0) is 4.79 Å². The largest absolute Gasteiger partial charge is 0.294 e. The number of hydrogen-bond donors (Lipinski definition) is 0. The number of allylic oxidation sites excluding steroid dienone is 3. The van der Waals surface area contributed by atoms with Gasteiger partial charge in [-0.2, -0.15) is 0 Å². The van der Waals surface area contributed by atoms with Crippen LogP contribution in [0.1, 0.15) is 57.1 Å². The van der Waals surface area contributed by atoms with Crippen LogP contribution in [0.25, 0.3) is 22.4 Å². The second kappa shape index (κ2) is 6.94. The maximum atomic E-state index is 12.6. The number of carbonyl (C=O) groups is 1. The van der Waals surface area contributed by atoms with Crippen molar-refractivity contribution in [1.82, 2.24) is 15.0 Å². The van der Waals surface area contributed by atoms with Crippen molar-refractivity contribution in [3.05, 3.63) is 54.3 Å². The molecule has 0 atom stereocenters. The smallest absolute Gasteiger partial charge is 0.169 e. The Morgan fingerprint density at radius 3 is 2.62 bits per heavy atom. The topological polar surface area (TPSA) is 55.7 Å². The van der Waals surface area contributed by atoms with Crippen molar-refractivity contribution in [2.75, 3.05) is 0 Å². The Kier molecular flexibility index (Phi) is 4.86. The zero-order valence-electron chi connectivity index (χ0n) is 16.0. The second-order valence-electron chi connectivity index (χ2n) is 7.80. The first-order chi connectivity index (χ1) is 12.3. The summed E-state index contributed by atoms with van der Waals surface area (Å²) in [5.41, 5.74) is 5.17. The molecule has 134 valence electrons. The normalized spacial score (nSPS) is 14.2. The number of pyridine rings is 1. The van der Waals surface area contributed by atoms with Gasteiger partial charge in [-0.15, -0.1) is 0 Å². The van der Waals surface area contributed by atoms with E-state index in [1.165, 1.54) is 12.0 Å². The van der Waals surface area contributed by atoms with E-state index in [0.29, 0.717) is 17.0 Å². The van der Waals surface area contributed by atoms with Gasteiger partial charge < -0.3 is 0 Å². The van der Waals surface area contributed by atoms with Gasteiger partial charge in [0.1, 0.15) is 0 Å². The minimum atomic E-state index is -0.500. The van der Waals surface area contributed by atoms with Crippen molar-refractivity contribution in [2.24, 2.45) is 5.41 Å². The standard InChI is InChI=1S/C22H25N3O/c1-14(21(26)22(3,4)5)20-15(2)24-13-19(25-20)17-10-11-23-18(12-17)16-8-6-7-9-16/h8,10-13H,1,6-7,9H2,2-5H3. The van der Waals surface area contributed by atoms with E-state index in [1.807, 2.05) is 33.8 Å². The molecule has 1 aliphatic rings. The summed E-state index contributed by atoms with van der Waals surface area (Å²) in [6.45, 7) is 11.5. The minimum Gasteiger partial charge on any atom is -0.294 e. The van der Waals surface area contributed by atoms with Gasteiger partial charge in [-0.3, -0.25) is 14.8 Å². The van der Waals surface area contributed by atoms with E-state index in [2.05, 4.69) is 28.7 Å². The molecule has 4 heteroatoms. The van der Waals surface area contributed by atoms with E-state index in [-0.39, 0.29) is 5.78 Å². The van der Waals surface area contributed by atoms with Gasteiger partial charge in [-0.1, -0.05) is 33.4 Å². The summed E-state index contributed by atoms with van der Waals surface area (Å²) >= 11 is 0. The fourth-order valence-corrected chi connectivity index (χ4v) is 3.10. The molecule has 0 fully saturated rings. The average Bonchev–Trinajstić information content (AvgIpc) is 3.15. The summed E-state index contributed by atoms with van der Waals surface area (Å²) in [7, 11) is 0. The van der Waals surface area contributed by atoms with Crippen LogP contribution in [-0.4, -0.2) is 20.7 Å². The van der Waals surface area contributed by atoms with Crippen LogP contribution < -0.4 is 0 Å². The van der Waals surface area contributed by atoms with E-state index in [4.69, 9.17) is 4.98 Å². The van der Waals surface area contributed by atoms with Gasteiger partial charge in [-0.25, -0.2) is 4.98 Å². The molecule has 26 heavy (non-hydrogen) atoms. The first-order valence-corrected chi connectivity index (χ1v) is 9.01. The number of Topliss-reactive ketones (excluding diaryl/α,β-unsaturated/α-hetero) is 1. The van der Waals surface area contributed by atoms with E-state index in [1.54, 1.807) is 12.4 Å². The molecule has 0 radical (unpaired) electrons. The van der Waals surface area contributed by atoms with Gasteiger partial charge in [0.05, 0.1) is 29.0 Å². The van der Waals surface area contributed by atoms with Gasteiger partial charge in [0.25, 0.3) is 0 Å². The van der Waals surface area contributed by atoms with Gasteiger partial charge in [0, 0.05) is 22.7 Å². The van der Waals surface area contributed by atoms with Gasteiger partial charge in [0.2, 0.25) is 0 Å². The maximum absolute atomic E-state index is 12.6. The molecule has 0 amide bonds. The molecule has 1 aliphatic carbocycles. The summed E-state index contributed by atoms with van der Waals surface area (Å²) in [6.07, 6.45) is 9.17. The lowest BCUT2D eigenvalue weighted by Gasteiger charge is -2.19. The fourth-order valence-electron chi connectivity index (χ4n) is 3.10. The average molecular weight is 347 g/mol. The predicted molar refractivity (Wildman–Crippen MR) is 105 cm³/mol. The summed E-state index contributed by atoms with van der Waals surface area (Å²) in [4.78, 5) is 26.3. The van der Waals surface area contributed by atoms with Crippen LogP contribution in [0.2, 0.25) is 0 Å². The third-order valence-corrected chi connectivity index (χ3v) is 4.62. The number of aromatic nitrogens is 3. The van der Waals surface area contributed by atoms with Gasteiger partial charge >= 0.3 is 0 Å². The fraction of sp³-hybridized carbons (Fsp3) is 0.364. The lowest BCUT2D eigenvalue weighted by atomic mass is 9.85. The monoisotopic (exact) mass is 347 g/mol. The molecule has 4 nitrogen and oxygen atoms in total. The summed E-state index contributed by atoms with van der Waals surface area (Å²) in [5.74, 6) is -0.0152. The zero-order valence-corrected chi connectivity index (χ0v) is 16.0. The van der Waals surface area contributed by atoms with Gasteiger partial charge in [0.15, 0.2) is 5.78 Å². The zero-order chi connectivity index (χ0) is 18.9. The Bertz CT molecular complexity index is 904. The molecule has 0 N–H and O–H groups in total. The highest BCUT2D eigenvalue weighted by atomic mass is 16.1. The quantitative estimate of drug-likeness (QED) is 0.727. The Hall–Kier alpha value is -2.62. The summed E-state index contributed by atoms with van der Waals surface area (Å²) < 4.78 is 0.